The lowest BCUT2D eigenvalue weighted by Gasteiger charge is -2.28. The van der Waals surface area contributed by atoms with Crippen LogP contribution < -0.4 is 0 Å². The van der Waals surface area contributed by atoms with Crippen LogP contribution in [-0.4, -0.2) is 41.3 Å². The fourth-order valence-corrected chi connectivity index (χ4v) is 2.55. The zero-order chi connectivity index (χ0) is 14.8. The van der Waals surface area contributed by atoms with Gasteiger partial charge >= 0.3 is 5.97 Å². The molecule has 1 N–H and O–H groups in total. The summed E-state index contributed by atoms with van der Waals surface area (Å²) in [4.78, 5) is 11.4. The van der Waals surface area contributed by atoms with E-state index in [-0.39, 0.29) is 5.97 Å². The Hall–Kier alpha value is -1.17. The topological polar surface area (TPSA) is 65.0 Å². The Morgan fingerprint density at radius 2 is 2.25 bits per heavy atom. The quantitative estimate of drug-likeness (QED) is 0.628. The third-order valence-corrected chi connectivity index (χ3v) is 3.41. The van der Waals surface area contributed by atoms with E-state index >= 15 is 0 Å². The van der Waals surface area contributed by atoms with Gasteiger partial charge in [-0.1, -0.05) is 18.2 Å². The van der Waals surface area contributed by atoms with Crippen molar-refractivity contribution in [3.63, 3.8) is 0 Å². The van der Waals surface area contributed by atoms with Gasteiger partial charge in [0.05, 0.1) is 6.10 Å². The van der Waals surface area contributed by atoms with Gasteiger partial charge in [0.2, 0.25) is 0 Å². The highest BCUT2D eigenvalue weighted by Crippen LogP contribution is 2.35. The molecule has 0 aliphatic carbocycles. The zero-order valence-corrected chi connectivity index (χ0v) is 12.1. The second kappa shape index (κ2) is 6.08. The molecule has 5 nitrogen and oxygen atoms in total. The first kappa shape index (κ1) is 15.2. The molecule has 2 heterocycles. The van der Waals surface area contributed by atoms with Crippen molar-refractivity contribution < 1.29 is 24.1 Å². The molecule has 0 saturated carbocycles. The number of aliphatic hydroxyl groups is 1. The number of ether oxygens (including phenoxy) is 3. The molecule has 0 amide bonds. The molecule has 5 heteroatoms. The third kappa shape index (κ3) is 3.48. The fourth-order valence-electron chi connectivity index (χ4n) is 2.55. The third-order valence-electron chi connectivity index (χ3n) is 3.41. The van der Waals surface area contributed by atoms with Crippen LogP contribution in [-0.2, 0) is 19.0 Å². The molecule has 0 bridgehead atoms. The summed E-state index contributed by atoms with van der Waals surface area (Å²) in [7, 11) is 0. The molecule has 1 fully saturated rings. The van der Waals surface area contributed by atoms with E-state index in [4.69, 9.17) is 14.2 Å². The largest absolute Gasteiger partial charge is 0.456 e. The van der Waals surface area contributed by atoms with Gasteiger partial charge < -0.3 is 19.3 Å². The van der Waals surface area contributed by atoms with Crippen molar-refractivity contribution in [3.05, 3.63) is 24.3 Å². The number of allylic oxidation sites excluding steroid dienone is 1. The van der Waals surface area contributed by atoms with Crippen LogP contribution >= 0.6 is 0 Å². The molecule has 4 atom stereocenters. The molecule has 2 aliphatic heterocycles. The molecular weight excluding hydrogens is 260 g/mol. The highest BCUT2D eigenvalue weighted by molar-refractivity contribution is 5.82. The van der Waals surface area contributed by atoms with Gasteiger partial charge in [-0.15, -0.1) is 0 Å². The summed E-state index contributed by atoms with van der Waals surface area (Å²) in [6, 6.07) is 0. The maximum absolute atomic E-state index is 11.4. The Balaban J connectivity index is 2.11. The van der Waals surface area contributed by atoms with E-state index in [0.717, 1.165) is 0 Å². The highest BCUT2D eigenvalue weighted by Gasteiger charge is 2.49. The van der Waals surface area contributed by atoms with E-state index in [1.165, 1.54) is 6.08 Å². The van der Waals surface area contributed by atoms with Crippen LogP contribution in [0.2, 0.25) is 0 Å². The smallest absolute Gasteiger partial charge is 0.330 e. The summed E-state index contributed by atoms with van der Waals surface area (Å²) in [5.74, 6) is -1.17. The van der Waals surface area contributed by atoms with Crippen molar-refractivity contribution in [1.29, 1.82) is 0 Å². The monoisotopic (exact) mass is 282 g/mol. The predicted molar refractivity (Wildman–Crippen MR) is 72.9 cm³/mol. The number of rotatable bonds is 4. The average Bonchev–Trinajstić information content (AvgIpc) is 2.72. The summed E-state index contributed by atoms with van der Waals surface area (Å²) in [5, 5.41) is 10.3. The summed E-state index contributed by atoms with van der Waals surface area (Å²) in [6.45, 7) is 5.49. The Bertz CT molecular complexity index is 412. The molecule has 2 rings (SSSR count). The summed E-state index contributed by atoms with van der Waals surface area (Å²) in [5.41, 5.74) is 0. The first-order chi connectivity index (χ1) is 9.43. The van der Waals surface area contributed by atoms with E-state index in [0.29, 0.717) is 12.8 Å². The molecule has 2 aliphatic rings. The van der Waals surface area contributed by atoms with Crippen molar-refractivity contribution in [2.24, 2.45) is 0 Å². The van der Waals surface area contributed by atoms with Crippen molar-refractivity contribution in [2.75, 3.05) is 0 Å². The second-order valence-electron chi connectivity index (χ2n) is 5.55. The zero-order valence-electron chi connectivity index (χ0n) is 12.1. The standard InChI is InChI=1S/C15H22O5/c1-4-5-7-10(16)13-14(20-15(2,3)19-13)11-8-6-9-12(17)18-11/h4-6,9-11,13-14,16H,7-8H2,1-3H3/b5-4-/t10-,11-,13-,14-/m1/s1. The van der Waals surface area contributed by atoms with Gasteiger partial charge in [0, 0.05) is 12.5 Å². The molecule has 1 saturated heterocycles. The predicted octanol–water partition coefficient (Wildman–Crippen LogP) is 1.71. The molecule has 112 valence electrons. The molecule has 0 aromatic heterocycles. The molecule has 20 heavy (non-hydrogen) atoms. The lowest BCUT2D eigenvalue weighted by molar-refractivity contribution is -0.169. The number of esters is 1. The van der Waals surface area contributed by atoms with E-state index in [1.807, 2.05) is 19.1 Å². The summed E-state index contributed by atoms with van der Waals surface area (Å²) in [6.07, 6.45) is 5.90. The Morgan fingerprint density at radius 1 is 1.50 bits per heavy atom. The van der Waals surface area contributed by atoms with Crippen molar-refractivity contribution >= 4 is 5.97 Å². The molecule has 0 aromatic rings. The van der Waals surface area contributed by atoms with E-state index in [2.05, 4.69) is 0 Å². The SMILES string of the molecule is C/C=C\C[C@@H](O)[C@H]1OC(C)(C)O[C@@H]1[C@H]1CC=CC(=O)O1. The van der Waals surface area contributed by atoms with Crippen LogP contribution in [0.5, 0.6) is 0 Å². The summed E-state index contributed by atoms with van der Waals surface area (Å²) >= 11 is 0. The van der Waals surface area contributed by atoms with E-state index < -0.39 is 30.2 Å². The van der Waals surface area contributed by atoms with Gasteiger partial charge in [-0.25, -0.2) is 4.79 Å². The van der Waals surface area contributed by atoms with Crippen LogP contribution in [0.15, 0.2) is 24.3 Å². The molecule has 0 unspecified atom stereocenters. The maximum Gasteiger partial charge on any atom is 0.330 e. The number of hydrogen-bond donors (Lipinski definition) is 1. The van der Waals surface area contributed by atoms with E-state index in [1.54, 1.807) is 19.9 Å². The van der Waals surface area contributed by atoms with Gasteiger partial charge in [-0.05, 0) is 27.2 Å². The minimum atomic E-state index is -0.792. The first-order valence-corrected chi connectivity index (χ1v) is 6.95. The minimum absolute atomic E-state index is 0.378. The van der Waals surface area contributed by atoms with Gasteiger partial charge in [0.25, 0.3) is 0 Å². The van der Waals surface area contributed by atoms with Gasteiger partial charge in [-0.3, -0.25) is 0 Å². The average molecular weight is 282 g/mol. The Morgan fingerprint density at radius 3 is 2.90 bits per heavy atom. The van der Waals surface area contributed by atoms with Crippen LogP contribution in [0.4, 0.5) is 0 Å². The van der Waals surface area contributed by atoms with Crippen LogP contribution in [0.1, 0.15) is 33.6 Å². The number of hydrogen-bond acceptors (Lipinski definition) is 5. The van der Waals surface area contributed by atoms with Gasteiger partial charge in [0.15, 0.2) is 5.79 Å². The minimum Gasteiger partial charge on any atom is -0.456 e. The van der Waals surface area contributed by atoms with Crippen molar-refractivity contribution in [2.45, 2.75) is 63.8 Å². The number of aliphatic hydroxyl groups excluding tert-OH is 1. The molecule has 0 aromatic carbocycles. The van der Waals surface area contributed by atoms with Crippen molar-refractivity contribution in [1.82, 2.24) is 0 Å². The van der Waals surface area contributed by atoms with Crippen LogP contribution in [0.25, 0.3) is 0 Å². The van der Waals surface area contributed by atoms with Gasteiger partial charge in [-0.2, -0.15) is 0 Å². The summed E-state index contributed by atoms with van der Waals surface area (Å²) < 4.78 is 16.9. The number of carbonyl (C=O) groups is 1. The van der Waals surface area contributed by atoms with Crippen LogP contribution in [0.3, 0.4) is 0 Å². The lowest BCUT2D eigenvalue weighted by Crippen LogP contribution is -2.44. The maximum atomic E-state index is 11.4. The lowest BCUT2D eigenvalue weighted by atomic mass is 9.98. The van der Waals surface area contributed by atoms with E-state index in [9.17, 15) is 9.90 Å². The molecular formula is C15H22O5. The number of carbonyl (C=O) groups excluding carboxylic acids is 1. The molecule has 0 radical (unpaired) electrons. The van der Waals surface area contributed by atoms with Gasteiger partial charge in [0.1, 0.15) is 18.3 Å². The second-order valence-corrected chi connectivity index (χ2v) is 5.55. The Labute approximate surface area is 119 Å². The molecule has 0 spiro atoms. The normalized spacial score (nSPS) is 34.4. The first-order valence-electron chi connectivity index (χ1n) is 6.95. The van der Waals surface area contributed by atoms with Crippen molar-refractivity contribution in [3.8, 4) is 0 Å². The number of cyclic esters (lactones) is 1. The highest BCUT2D eigenvalue weighted by atomic mass is 16.8. The van der Waals surface area contributed by atoms with Crippen LogP contribution in [0, 0.1) is 0 Å². The fraction of sp³-hybridized carbons (Fsp3) is 0.667. The Kier molecular flexibility index (Phi) is 4.62.